The van der Waals surface area contributed by atoms with Gasteiger partial charge in [0.1, 0.15) is 0 Å². The molecule has 0 unspecified atom stereocenters. The summed E-state index contributed by atoms with van der Waals surface area (Å²) in [5.74, 6) is -0.159. The number of hydroxylamine groups is 1. The SMILES string of the molecule is Cc1noc(CCC(=O)NOCC(N)=O)n1. The number of nitrogens with zero attached hydrogens (tertiary/aromatic N) is 2. The highest BCUT2D eigenvalue weighted by atomic mass is 16.7. The molecule has 0 aliphatic rings. The van der Waals surface area contributed by atoms with E-state index in [1.54, 1.807) is 6.92 Å². The van der Waals surface area contributed by atoms with Crippen LogP contribution in [0.15, 0.2) is 4.52 Å². The van der Waals surface area contributed by atoms with Gasteiger partial charge in [-0.25, -0.2) is 5.48 Å². The van der Waals surface area contributed by atoms with E-state index < -0.39 is 11.8 Å². The third-order valence-corrected chi connectivity index (χ3v) is 1.54. The van der Waals surface area contributed by atoms with Crippen molar-refractivity contribution >= 4 is 11.8 Å². The number of amides is 2. The number of nitrogens with one attached hydrogen (secondary N) is 1. The molecule has 8 heteroatoms. The minimum Gasteiger partial charge on any atom is -0.368 e. The fourth-order valence-electron chi connectivity index (χ4n) is 0.901. The van der Waals surface area contributed by atoms with Crippen LogP contribution in [0.25, 0.3) is 0 Å². The Morgan fingerprint density at radius 1 is 1.56 bits per heavy atom. The molecule has 88 valence electrons. The summed E-state index contributed by atoms with van der Waals surface area (Å²) in [6.45, 7) is 1.33. The van der Waals surface area contributed by atoms with Crippen LogP contribution in [0.1, 0.15) is 18.1 Å². The molecular weight excluding hydrogens is 216 g/mol. The lowest BCUT2D eigenvalue weighted by Gasteiger charge is -2.01. The zero-order valence-electron chi connectivity index (χ0n) is 8.73. The van der Waals surface area contributed by atoms with E-state index in [0.717, 1.165) is 0 Å². The summed E-state index contributed by atoms with van der Waals surface area (Å²) in [6.07, 6.45) is 0.438. The first-order valence-electron chi connectivity index (χ1n) is 4.56. The minimum absolute atomic E-state index is 0.125. The van der Waals surface area contributed by atoms with Gasteiger partial charge in [-0.2, -0.15) is 4.98 Å². The predicted molar refractivity (Wildman–Crippen MR) is 50.6 cm³/mol. The van der Waals surface area contributed by atoms with E-state index >= 15 is 0 Å². The van der Waals surface area contributed by atoms with Crippen molar-refractivity contribution in [3.8, 4) is 0 Å². The Kier molecular flexibility index (Phi) is 4.40. The second-order valence-corrected chi connectivity index (χ2v) is 3.02. The lowest BCUT2D eigenvalue weighted by atomic mass is 10.3. The van der Waals surface area contributed by atoms with Crippen molar-refractivity contribution in [2.75, 3.05) is 6.61 Å². The Morgan fingerprint density at radius 3 is 2.88 bits per heavy atom. The van der Waals surface area contributed by atoms with Gasteiger partial charge in [0.05, 0.1) is 0 Å². The summed E-state index contributed by atoms with van der Waals surface area (Å²) >= 11 is 0. The predicted octanol–water partition coefficient (Wildman–Crippen LogP) is -1.16. The zero-order valence-corrected chi connectivity index (χ0v) is 8.73. The van der Waals surface area contributed by atoms with Crippen LogP contribution in [-0.2, 0) is 20.8 Å². The molecule has 0 saturated carbocycles. The third-order valence-electron chi connectivity index (χ3n) is 1.54. The van der Waals surface area contributed by atoms with Gasteiger partial charge < -0.3 is 10.3 Å². The van der Waals surface area contributed by atoms with E-state index in [0.29, 0.717) is 18.1 Å². The average Bonchev–Trinajstić information content (AvgIpc) is 2.61. The molecule has 8 nitrogen and oxygen atoms in total. The molecular formula is C8H12N4O4. The summed E-state index contributed by atoms with van der Waals surface area (Å²) in [6, 6.07) is 0. The van der Waals surface area contributed by atoms with E-state index in [1.165, 1.54) is 0 Å². The largest absolute Gasteiger partial charge is 0.368 e. The molecule has 0 atom stereocenters. The molecule has 1 heterocycles. The Bertz CT molecular complexity index is 376. The van der Waals surface area contributed by atoms with E-state index in [1.807, 2.05) is 0 Å². The van der Waals surface area contributed by atoms with Crippen LogP contribution in [0.4, 0.5) is 0 Å². The highest BCUT2D eigenvalue weighted by Crippen LogP contribution is 1.99. The first-order valence-corrected chi connectivity index (χ1v) is 4.56. The summed E-state index contributed by atoms with van der Waals surface area (Å²) in [5, 5.41) is 3.57. The second-order valence-electron chi connectivity index (χ2n) is 3.02. The van der Waals surface area contributed by atoms with Crippen molar-refractivity contribution in [2.45, 2.75) is 19.8 Å². The summed E-state index contributed by atoms with van der Waals surface area (Å²) < 4.78 is 4.80. The van der Waals surface area contributed by atoms with Gasteiger partial charge in [-0.3, -0.25) is 14.4 Å². The third kappa shape index (κ3) is 4.51. The van der Waals surface area contributed by atoms with Gasteiger partial charge in [0.2, 0.25) is 17.7 Å². The lowest BCUT2D eigenvalue weighted by Crippen LogP contribution is -2.29. The Hall–Kier alpha value is -1.96. The normalized spacial score (nSPS) is 10.1. The topological polar surface area (TPSA) is 120 Å². The fourth-order valence-corrected chi connectivity index (χ4v) is 0.901. The first kappa shape index (κ1) is 12.1. The Morgan fingerprint density at radius 2 is 2.31 bits per heavy atom. The Labute approximate surface area is 91.1 Å². The van der Waals surface area contributed by atoms with Gasteiger partial charge >= 0.3 is 0 Å². The van der Waals surface area contributed by atoms with Crippen molar-refractivity contribution in [3.63, 3.8) is 0 Å². The second kappa shape index (κ2) is 5.81. The molecule has 1 aromatic rings. The van der Waals surface area contributed by atoms with Crippen LogP contribution >= 0.6 is 0 Å². The smallest absolute Gasteiger partial charge is 0.246 e. The van der Waals surface area contributed by atoms with Crippen LogP contribution < -0.4 is 11.2 Å². The summed E-state index contributed by atoms with van der Waals surface area (Å²) in [7, 11) is 0. The lowest BCUT2D eigenvalue weighted by molar-refractivity contribution is -0.137. The van der Waals surface area contributed by atoms with Crippen molar-refractivity contribution in [1.29, 1.82) is 0 Å². The molecule has 0 aliphatic carbocycles. The number of primary amides is 1. The highest BCUT2D eigenvalue weighted by Gasteiger charge is 2.07. The number of aryl methyl sites for hydroxylation is 2. The van der Waals surface area contributed by atoms with E-state index in [-0.39, 0.29) is 13.0 Å². The maximum atomic E-state index is 11.1. The van der Waals surface area contributed by atoms with Gasteiger partial charge in [0.25, 0.3) is 0 Å². The molecule has 0 spiro atoms. The van der Waals surface area contributed by atoms with Crippen molar-refractivity contribution in [1.82, 2.24) is 15.6 Å². The van der Waals surface area contributed by atoms with Crippen molar-refractivity contribution in [3.05, 3.63) is 11.7 Å². The standard InChI is InChI=1S/C8H12N4O4/c1-5-10-8(16-11-5)3-2-7(14)12-15-4-6(9)13/h2-4H2,1H3,(H2,9,13)(H,12,14). The molecule has 0 bridgehead atoms. The van der Waals surface area contributed by atoms with Crippen LogP contribution in [0, 0.1) is 6.92 Å². The Balaban J connectivity index is 2.17. The average molecular weight is 228 g/mol. The van der Waals surface area contributed by atoms with Gasteiger partial charge in [-0.15, -0.1) is 0 Å². The molecule has 3 N–H and O–H groups in total. The first-order chi connectivity index (χ1) is 7.58. The minimum atomic E-state index is -0.659. The van der Waals surface area contributed by atoms with Crippen molar-refractivity contribution in [2.24, 2.45) is 5.73 Å². The maximum absolute atomic E-state index is 11.1. The zero-order chi connectivity index (χ0) is 12.0. The molecule has 0 saturated heterocycles. The monoisotopic (exact) mass is 228 g/mol. The molecule has 0 aromatic carbocycles. The van der Waals surface area contributed by atoms with Crippen LogP contribution in [0.2, 0.25) is 0 Å². The van der Waals surface area contributed by atoms with E-state index in [4.69, 9.17) is 10.3 Å². The molecule has 0 radical (unpaired) electrons. The fraction of sp³-hybridized carbons (Fsp3) is 0.500. The van der Waals surface area contributed by atoms with Crippen LogP contribution in [-0.4, -0.2) is 28.6 Å². The number of carbonyl (C=O) groups is 2. The molecule has 1 aromatic heterocycles. The van der Waals surface area contributed by atoms with Gasteiger partial charge in [0.15, 0.2) is 12.4 Å². The molecule has 0 fully saturated rings. The number of hydrogen-bond donors (Lipinski definition) is 2. The molecule has 16 heavy (non-hydrogen) atoms. The number of rotatable bonds is 6. The number of aromatic nitrogens is 2. The number of carbonyl (C=O) groups excluding carboxylic acids is 2. The number of hydrogen-bond acceptors (Lipinski definition) is 6. The van der Waals surface area contributed by atoms with E-state index in [9.17, 15) is 9.59 Å². The molecule has 0 aliphatic heterocycles. The highest BCUT2D eigenvalue weighted by molar-refractivity contribution is 5.76. The molecule has 2 amide bonds. The van der Waals surface area contributed by atoms with Crippen molar-refractivity contribution < 1.29 is 18.9 Å². The van der Waals surface area contributed by atoms with E-state index in [2.05, 4.69) is 20.5 Å². The van der Waals surface area contributed by atoms with Gasteiger partial charge in [-0.05, 0) is 6.92 Å². The van der Waals surface area contributed by atoms with Gasteiger partial charge in [-0.1, -0.05) is 5.16 Å². The summed E-state index contributed by atoms with van der Waals surface area (Å²) in [4.78, 5) is 29.8. The quantitative estimate of drug-likeness (QED) is 0.593. The van der Waals surface area contributed by atoms with Crippen LogP contribution in [0.5, 0.6) is 0 Å². The van der Waals surface area contributed by atoms with Gasteiger partial charge in [0, 0.05) is 12.8 Å². The maximum Gasteiger partial charge on any atom is 0.246 e. The number of nitrogens with two attached hydrogens (primary N) is 1. The summed E-state index contributed by atoms with van der Waals surface area (Å²) in [5.41, 5.74) is 6.86. The molecule has 1 rings (SSSR count). The van der Waals surface area contributed by atoms with Crippen LogP contribution in [0.3, 0.4) is 0 Å².